The first-order chi connectivity index (χ1) is 9.43. The van der Waals surface area contributed by atoms with Crippen LogP contribution in [-0.4, -0.2) is 27.7 Å². The van der Waals surface area contributed by atoms with Crippen molar-refractivity contribution in [2.45, 2.75) is 37.9 Å². The second-order valence-electron chi connectivity index (χ2n) is 5.62. The maximum absolute atomic E-state index is 11.8. The highest BCUT2D eigenvalue weighted by atomic mass is 127. The zero-order chi connectivity index (χ0) is 14.8. The molecule has 0 heterocycles. The molecule has 0 aromatic heterocycles. The predicted octanol–water partition coefficient (Wildman–Crippen LogP) is 2.95. The molecule has 1 atom stereocenters. The van der Waals surface area contributed by atoms with Gasteiger partial charge in [-0.15, -0.1) is 24.0 Å². The van der Waals surface area contributed by atoms with Crippen LogP contribution < -0.4 is 11.1 Å². The van der Waals surface area contributed by atoms with Crippen molar-refractivity contribution < 1.29 is 4.21 Å². The summed E-state index contributed by atoms with van der Waals surface area (Å²) < 4.78 is 11.6. The average molecular weight is 421 g/mol. The summed E-state index contributed by atoms with van der Waals surface area (Å²) in [6.45, 7) is 4.69. The van der Waals surface area contributed by atoms with Gasteiger partial charge in [0.25, 0.3) is 0 Å². The van der Waals surface area contributed by atoms with Gasteiger partial charge >= 0.3 is 0 Å². The van der Waals surface area contributed by atoms with Crippen LogP contribution in [0.4, 0.5) is 5.69 Å². The van der Waals surface area contributed by atoms with Crippen LogP contribution in [0.1, 0.15) is 30.4 Å². The van der Waals surface area contributed by atoms with E-state index >= 15 is 0 Å². The number of hydrogen-bond donors (Lipinski definition) is 2. The number of nitrogens with one attached hydrogen (secondary N) is 1. The van der Waals surface area contributed by atoms with Crippen molar-refractivity contribution >= 4 is 46.4 Å². The number of nitrogens with two attached hydrogens (primary N) is 1. The highest BCUT2D eigenvalue weighted by molar-refractivity contribution is 14.0. The van der Waals surface area contributed by atoms with Crippen molar-refractivity contribution in [3.8, 4) is 0 Å². The molecule has 1 unspecified atom stereocenters. The molecule has 0 amide bonds. The molecular formula is C15H24IN3OS. The van der Waals surface area contributed by atoms with Crippen LogP contribution in [0, 0.1) is 13.8 Å². The normalized spacial score (nSPS) is 18.3. The van der Waals surface area contributed by atoms with E-state index in [0.717, 1.165) is 24.9 Å². The molecule has 3 N–H and O–H groups in total. The smallest absolute Gasteiger partial charge is 0.193 e. The quantitative estimate of drug-likeness (QED) is 0.446. The number of anilines is 1. The third kappa shape index (κ3) is 4.42. The van der Waals surface area contributed by atoms with E-state index < -0.39 is 10.8 Å². The first-order valence-corrected chi connectivity index (χ1v) is 8.46. The lowest BCUT2D eigenvalue weighted by Gasteiger charge is -2.38. The molecule has 0 saturated heterocycles. The SMILES string of the molecule is Cc1ccc(NC(N)=NCC2(S(C)=O)CCC2)cc1C.I. The fourth-order valence-corrected chi connectivity index (χ4v) is 3.45. The van der Waals surface area contributed by atoms with E-state index in [9.17, 15) is 4.21 Å². The molecule has 0 spiro atoms. The van der Waals surface area contributed by atoms with Crippen LogP contribution in [0.15, 0.2) is 23.2 Å². The molecule has 1 aromatic rings. The van der Waals surface area contributed by atoms with E-state index in [4.69, 9.17) is 5.73 Å². The first kappa shape index (κ1) is 18.4. The molecule has 0 aliphatic heterocycles. The Balaban J connectivity index is 0.00000220. The van der Waals surface area contributed by atoms with E-state index in [1.807, 2.05) is 6.07 Å². The van der Waals surface area contributed by atoms with Crippen molar-refractivity contribution in [1.82, 2.24) is 0 Å². The maximum atomic E-state index is 11.8. The van der Waals surface area contributed by atoms with Gasteiger partial charge in [0.1, 0.15) is 0 Å². The lowest BCUT2D eigenvalue weighted by molar-refractivity contribution is 0.361. The molecule has 118 valence electrons. The largest absolute Gasteiger partial charge is 0.370 e. The van der Waals surface area contributed by atoms with Crippen LogP contribution >= 0.6 is 24.0 Å². The number of aliphatic imine (C=N–C) groups is 1. The summed E-state index contributed by atoms with van der Waals surface area (Å²) in [6.07, 6.45) is 4.87. The Morgan fingerprint density at radius 2 is 2.05 bits per heavy atom. The van der Waals surface area contributed by atoms with E-state index in [1.165, 1.54) is 11.1 Å². The summed E-state index contributed by atoms with van der Waals surface area (Å²) in [5.41, 5.74) is 9.33. The fraction of sp³-hybridized carbons (Fsp3) is 0.533. The molecule has 6 heteroatoms. The van der Waals surface area contributed by atoms with Crippen molar-refractivity contribution in [2.24, 2.45) is 10.7 Å². The number of benzene rings is 1. The predicted molar refractivity (Wildman–Crippen MR) is 102 cm³/mol. The minimum Gasteiger partial charge on any atom is -0.370 e. The van der Waals surface area contributed by atoms with Gasteiger partial charge in [-0.1, -0.05) is 12.5 Å². The summed E-state index contributed by atoms with van der Waals surface area (Å²) in [6, 6.07) is 6.09. The molecule has 1 aromatic carbocycles. The fourth-order valence-electron chi connectivity index (χ4n) is 2.34. The van der Waals surface area contributed by atoms with Gasteiger partial charge in [-0.3, -0.25) is 9.20 Å². The minimum absolute atomic E-state index is 0. The molecule has 0 bridgehead atoms. The summed E-state index contributed by atoms with van der Waals surface area (Å²) in [7, 11) is -0.842. The number of aryl methyl sites for hydroxylation is 2. The zero-order valence-corrected chi connectivity index (χ0v) is 16.0. The lowest BCUT2D eigenvalue weighted by Crippen LogP contribution is -2.44. The Morgan fingerprint density at radius 1 is 1.38 bits per heavy atom. The second-order valence-corrected chi connectivity index (χ2v) is 7.39. The Bertz CT molecular complexity index is 556. The number of halogens is 1. The standard InChI is InChI=1S/C15H23N3OS.HI/c1-11-5-6-13(9-12(11)2)18-14(16)17-10-15(20(3)19)7-4-8-15;/h5-6,9H,4,7-8,10H2,1-3H3,(H3,16,17,18);1H. The monoisotopic (exact) mass is 421 g/mol. The van der Waals surface area contributed by atoms with Crippen molar-refractivity contribution in [2.75, 3.05) is 18.1 Å². The minimum atomic E-state index is -0.842. The summed E-state index contributed by atoms with van der Waals surface area (Å²) >= 11 is 0. The Hall–Kier alpha value is -0.630. The number of hydrogen-bond acceptors (Lipinski definition) is 2. The van der Waals surface area contributed by atoms with Gasteiger partial charge in [-0.25, -0.2) is 0 Å². The lowest BCUT2D eigenvalue weighted by atomic mass is 9.84. The van der Waals surface area contributed by atoms with E-state index in [2.05, 4.69) is 36.3 Å². The Labute approximate surface area is 146 Å². The van der Waals surface area contributed by atoms with E-state index in [0.29, 0.717) is 12.5 Å². The molecule has 1 saturated carbocycles. The molecule has 21 heavy (non-hydrogen) atoms. The summed E-state index contributed by atoms with van der Waals surface area (Å²) in [5.74, 6) is 0.393. The Morgan fingerprint density at radius 3 is 2.52 bits per heavy atom. The molecule has 0 radical (unpaired) electrons. The van der Waals surface area contributed by atoms with Crippen LogP contribution in [0.5, 0.6) is 0 Å². The topological polar surface area (TPSA) is 67.5 Å². The third-order valence-electron chi connectivity index (χ3n) is 4.19. The summed E-state index contributed by atoms with van der Waals surface area (Å²) in [5, 5.41) is 3.10. The zero-order valence-electron chi connectivity index (χ0n) is 12.8. The van der Waals surface area contributed by atoms with Gasteiger partial charge in [0.2, 0.25) is 0 Å². The molecule has 1 aliphatic rings. The van der Waals surface area contributed by atoms with Gasteiger partial charge in [-0.2, -0.15) is 0 Å². The summed E-state index contributed by atoms with van der Waals surface area (Å²) in [4.78, 5) is 4.38. The number of nitrogens with zero attached hydrogens (tertiary/aromatic N) is 1. The van der Waals surface area contributed by atoms with Gasteiger partial charge < -0.3 is 11.1 Å². The highest BCUT2D eigenvalue weighted by Gasteiger charge is 2.40. The van der Waals surface area contributed by atoms with E-state index in [1.54, 1.807) is 6.26 Å². The van der Waals surface area contributed by atoms with Gasteiger partial charge in [0.05, 0.1) is 11.3 Å². The van der Waals surface area contributed by atoms with Crippen LogP contribution in [0.2, 0.25) is 0 Å². The van der Waals surface area contributed by atoms with Gasteiger partial charge in [0.15, 0.2) is 5.96 Å². The first-order valence-electron chi connectivity index (χ1n) is 6.91. The number of guanidine groups is 1. The molecule has 1 fully saturated rings. The molecule has 1 aliphatic carbocycles. The highest BCUT2D eigenvalue weighted by Crippen LogP contribution is 2.37. The maximum Gasteiger partial charge on any atom is 0.193 e. The molecular weight excluding hydrogens is 397 g/mol. The number of rotatable bonds is 4. The second kappa shape index (κ2) is 7.58. The Kier molecular flexibility index (Phi) is 6.65. The third-order valence-corrected chi connectivity index (χ3v) is 5.95. The van der Waals surface area contributed by atoms with Crippen molar-refractivity contribution in [3.05, 3.63) is 29.3 Å². The van der Waals surface area contributed by atoms with Crippen LogP contribution in [-0.2, 0) is 10.8 Å². The van der Waals surface area contributed by atoms with Crippen molar-refractivity contribution in [3.63, 3.8) is 0 Å². The molecule has 4 nitrogen and oxygen atoms in total. The van der Waals surface area contributed by atoms with Gasteiger partial charge in [0, 0.05) is 22.7 Å². The van der Waals surface area contributed by atoms with Crippen LogP contribution in [0.3, 0.4) is 0 Å². The van der Waals surface area contributed by atoms with Gasteiger partial charge in [-0.05, 0) is 49.9 Å². The van der Waals surface area contributed by atoms with Crippen LogP contribution in [0.25, 0.3) is 0 Å². The average Bonchev–Trinajstić information content (AvgIpc) is 2.32. The molecule has 2 rings (SSSR count). The van der Waals surface area contributed by atoms with Crippen molar-refractivity contribution in [1.29, 1.82) is 0 Å². The van der Waals surface area contributed by atoms with E-state index in [-0.39, 0.29) is 28.7 Å².